The highest BCUT2D eigenvalue weighted by Gasteiger charge is 2.16. The molecule has 2 saturated heterocycles. The van der Waals surface area contributed by atoms with E-state index in [-0.39, 0.29) is 0 Å². The highest BCUT2D eigenvalue weighted by atomic mass is 15.1. The fourth-order valence-corrected chi connectivity index (χ4v) is 3.57. The molecule has 2 heterocycles. The molecule has 0 bridgehead atoms. The first-order valence-corrected chi connectivity index (χ1v) is 8.61. The third-order valence-electron chi connectivity index (χ3n) is 4.88. The summed E-state index contributed by atoms with van der Waals surface area (Å²) in [6, 6.07) is 9.04. The summed E-state index contributed by atoms with van der Waals surface area (Å²) in [4.78, 5) is 2.53. The Morgan fingerprint density at radius 2 is 2.05 bits per heavy atom. The van der Waals surface area contributed by atoms with Gasteiger partial charge >= 0.3 is 0 Å². The molecule has 0 radical (unpaired) electrons. The summed E-state index contributed by atoms with van der Waals surface area (Å²) in [6.45, 7) is 8.23. The van der Waals surface area contributed by atoms with Crippen LogP contribution >= 0.6 is 0 Å². The van der Waals surface area contributed by atoms with Crippen LogP contribution in [0.2, 0.25) is 0 Å². The molecule has 0 saturated carbocycles. The lowest BCUT2D eigenvalue weighted by Gasteiger charge is -2.33. The van der Waals surface area contributed by atoms with Crippen LogP contribution in [0.4, 0.5) is 11.4 Å². The molecular formula is C18H29N3. The van der Waals surface area contributed by atoms with Crippen molar-refractivity contribution in [3.05, 3.63) is 24.3 Å². The van der Waals surface area contributed by atoms with E-state index >= 15 is 0 Å². The largest absolute Gasteiger partial charge is 0.385 e. The van der Waals surface area contributed by atoms with Crippen LogP contribution in [0.1, 0.15) is 32.6 Å². The lowest BCUT2D eigenvalue weighted by molar-refractivity contribution is 0.393. The van der Waals surface area contributed by atoms with Gasteiger partial charge in [0.2, 0.25) is 0 Å². The topological polar surface area (TPSA) is 27.3 Å². The number of piperidine rings is 2. The average Bonchev–Trinajstić information content (AvgIpc) is 2.54. The second-order valence-corrected chi connectivity index (χ2v) is 6.83. The minimum absolute atomic E-state index is 0.779. The first kappa shape index (κ1) is 14.7. The molecule has 2 fully saturated rings. The normalized spacial score (nSPS) is 26.6. The monoisotopic (exact) mass is 287 g/mol. The molecular weight excluding hydrogens is 258 g/mol. The van der Waals surface area contributed by atoms with Gasteiger partial charge in [-0.3, -0.25) is 0 Å². The Kier molecular flexibility index (Phi) is 5.02. The molecule has 21 heavy (non-hydrogen) atoms. The summed E-state index contributed by atoms with van der Waals surface area (Å²) in [5, 5.41) is 7.08. The van der Waals surface area contributed by atoms with Crippen molar-refractivity contribution in [3.63, 3.8) is 0 Å². The Bertz CT molecular complexity index is 423. The van der Waals surface area contributed by atoms with Gasteiger partial charge in [-0.1, -0.05) is 6.92 Å². The van der Waals surface area contributed by atoms with Gasteiger partial charge in [-0.25, -0.2) is 0 Å². The molecule has 3 heteroatoms. The zero-order chi connectivity index (χ0) is 14.5. The van der Waals surface area contributed by atoms with Crippen molar-refractivity contribution in [2.24, 2.45) is 11.8 Å². The Labute approximate surface area is 129 Å². The number of nitrogens with zero attached hydrogens (tertiary/aromatic N) is 1. The second-order valence-electron chi connectivity index (χ2n) is 6.83. The van der Waals surface area contributed by atoms with Crippen molar-refractivity contribution >= 4 is 11.4 Å². The van der Waals surface area contributed by atoms with Crippen molar-refractivity contribution in [2.75, 3.05) is 42.9 Å². The lowest BCUT2D eigenvalue weighted by atomic mass is 9.99. The molecule has 0 amide bonds. The van der Waals surface area contributed by atoms with Crippen LogP contribution in [-0.4, -0.2) is 32.7 Å². The number of rotatable bonds is 4. The van der Waals surface area contributed by atoms with E-state index < -0.39 is 0 Å². The second kappa shape index (κ2) is 7.17. The summed E-state index contributed by atoms with van der Waals surface area (Å²) in [6.07, 6.45) is 5.38. The first-order valence-electron chi connectivity index (χ1n) is 8.61. The number of nitrogens with one attached hydrogen (secondary N) is 2. The van der Waals surface area contributed by atoms with Crippen LogP contribution in [-0.2, 0) is 0 Å². The molecule has 0 aromatic heterocycles. The number of anilines is 2. The number of hydrogen-bond donors (Lipinski definition) is 2. The molecule has 3 rings (SSSR count). The van der Waals surface area contributed by atoms with Crippen LogP contribution in [0.5, 0.6) is 0 Å². The van der Waals surface area contributed by atoms with Gasteiger partial charge in [0.05, 0.1) is 0 Å². The molecule has 2 N–H and O–H groups in total. The van der Waals surface area contributed by atoms with Gasteiger partial charge in [0, 0.05) is 31.0 Å². The van der Waals surface area contributed by atoms with E-state index in [9.17, 15) is 0 Å². The quantitative estimate of drug-likeness (QED) is 0.889. The Hall–Kier alpha value is -1.22. The molecule has 116 valence electrons. The SMILES string of the molecule is CC1CCCN(c2ccc(NCC3CCCNC3)cc2)C1. The Morgan fingerprint density at radius 3 is 2.76 bits per heavy atom. The molecule has 2 aliphatic heterocycles. The predicted octanol–water partition coefficient (Wildman–Crippen LogP) is 3.33. The summed E-state index contributed by atoms with van der Waals surface area (Å²) < 4.78 is 0. The molecule has 3 nitrogen and oxygen atoms in total. The van der Waals surface area contributed by atoms with E-state index in [4.69, 9.17) is 0 Å². The van der Waals surface area contributed by atoms with Gasteiger partial charge in [-0.2, -0.15) is 0 Å². The number of hydrogen-bond acceptors (Lipinski definition) is 3. The van der Waals surface area contributed by atoms with Crippen LogP contribution in [0.15, 0.2) is 24.3 Å². The van der Waals surface area contributed by atoms with Gasteiger partial charge in [0.1, 0.15) is 0 Å². The highest BCUT2D eigenvalue weighted by Crippen LogP contribution is 2.24. The van der Waals surface area contributed by atoms with Crippen molar-refractivity contribution in [3.8, 4) is 0 Å². The summed E-state index contributed by atoms with van der Waals surface area (Å²) in [5.74, 6) is 1.61. The van der Waals surface area contributed by atoms with Gasteiger partial charge in [-0.05, 0) is 74.9 Å². The maximum Gasteiger partial charge on any atom is 0.0367 e. The third kappa shape index (κ3) is 4.13. The van der Waals surface area contributed by atoms with E-state index in [1.165, 1.54) is 56.7 Å². The van der Waals surface area contributed by atoms with Gasteiger partial charge in [0.25, 0.3) is 0 Å². The van der Waals surface area contributed by atoms with Gasteiger partial charge in [-0.15, -0.1) is 0 Å². The molecule has 0 aliphatic carbocycles. The zero-order valence-electron chi connectivity index (χ0n) is 13.3. The number of benzene rings is 1. The highest BCUT2D eigenvalue weighted by molar-refractivity contribution is 5.55. The van der Waals surface area contributed by atoms with Crippen LogP contribution in [0.3, 0.4) is 0 Å². The molecule has 2 aliphatic rings. The molecule has 0 spiro atoms. The predicted molar refractivity (Wildman–Crippen MR) is 91.1 cm³/mol. The minimum Gasteiger partial charge on any atom is -0.385 e. The minimum atomic E-state index is 0.779. The van der Waals surface area contributed by atoms with Crippen molar-refractivity contribution in [1.82, 2.24) is 5.32 Å². The summed E-state index contributed by atoms with van der Waals surface area (Å²) >= 11 is 0. The molecule has 1 aromatic rings. The van der Waals surface area contributed by atoms with Crippen LogP contribution < -0.4 is 15.5 Å². The maximum atomic E-state index is 3.59. The van der Waals surface area contributed by atoms with E-state index in [1.807, 2.05) is 0 Å². The van der Waals surface area contributed by atoms with Crippen LogP contribution in [0.25, 0.3) is 0 Å². The molecule has 2 atom stereocenters. The van der Waals surface area contributed by atoms with Gasteiger partial charge in [0.15, 0.2) is 0 Å². The Balaban J connectivity index is 1.51. The van der Waals surface area contributed by atoms with Crippen molar-refractivity contribution < 1.29 is 0 Å². The fourth-order valence-electron chi connectivity index (χ4n) is 3.57. The van der Waals surface area contributed by atoms with Crippen molar-refractivity contribution in [1.29, 1.82) is 0 Å². The maximum absolute atomic E-state index is 3.59. The Morgan fingerprint density at radius 1 is 1.19 bits per heavy atom. The van der Waals surface area contributed by atoms with Gasteiger partial charge < -0.3 is 15.5 Å². The molecule has 2 unspecified atom stereocenters. The lowest BCUT2D eigenvalue weighted by Crippen LogP contribution is -2.34. The van der Waals surface area contributed by atoms with E-state index in [0.29, 0.717) is 0 Å². The van der Waals surface area contributed by atoms with E-state index in [1.54, 1.807) is 0 Å². The standard InChI is InChI=1S/C18H29N3/c1-15-4-3-11-21(14-15)18-8-6-17(7-9-18)20-13-16-5-2-10-19-12-16/h6-9,15-16,19-20H,2-5,10-14H2,1H3. The third-order valence-corrected chi connectivity index (χ3v) is 4.88. The molecule has 1 aromatic carbocycles. The average molecular weight is 287 g/mol. The zero-order valence-corrected chi connectivity index (χ0v) is 13.3. The van der Waals surface area contributed by atoms with E-state index in [0.717, 1.165) is 24.9 Å². The first-order chi connectivity index (χ1) is 10.3. The van der Waals surface area contributed by atoms with Crippen LogP contribution in [0, 0.1) is 11.8 Å². The smallest absolute Gasteiger partial charge is 0.0367 e. The summed E-state index contributed by atoms with van der Waals surface area (Å²) in [5.41, 5.74) is 2.64. The van der Waals surface area contributed by atoms with E-state index in [2.05, 4.69) is 46.7 Å². The summed E-state index contributed by atoms with van der Waals surface area (Å²) in [7, 11) is 0. The van der Waals surface area contributed by atoms with Crippen molar-refractivity contribution in [2.45, 2.75) is 32.6 Å². The fraction of sp³-hybridized carbons (Fsp3) is 0.667.